The molecule has 1 aliphatic rings. The van der Waals surface area contributed by atoms with Gasteiger partial charge >= 0.3 is 12.4 Å². The summed E-state index contributed by atoms with van der Waals surface area (Å²) in [4.78, 5) is 13.5. The fourth-order valence-corrected chi connectivity index (χ4v) is 2.96. The van der Waals surface area contributed by atoms with Crippen molar-refractivity contribution in [3.63, 3.8) is 0 Å². The molecule has 0 atom stereocenters. The molecule has 2 nitrogen and oxygen atoms in total. The molecule has 0 aliphatic heterocycles. The number of benzene rings is 1. The predicted molar refractivity (Wildman–Crippen MR) is 75.4 cm³/mol. The lowest BCUT2D eigenvalue weighted by Crippen LogP contribution is -2.31. The van der Waals surface area contributed by atoms with Gasteiger partial charge in [-0.1, -0.05) is 12.8 Å². The molecule has 1 fully saturated rings. The van der Waals surface area contributed by atoms with Crippen LogP contribution >= 0.6 is 0 Å². The fraction of sp³-hybridized carbons (Fsp3) is 0.562. The number of alkyl halides is 6. The molecule has 1 aliphatic carbocycles. The number of carbonyl (C=O) groups is 1. The number of hydrogen-bond donors (Lipinski definition) is 0. The second-order valence-corrected chi connectivity index (χ2v) is 6.13. The first-order chi connectivity index (χ1) is 11.0. The first-order valence-corrected chi connectivity index (χ1v) is 7.53. The van der Waals surface area contributed by atoms with E-state index in [0.29, 0.717) is 18.7 Å². The van der Waals surface area contributed by atoms with E-state index < -0.39 is 35.0 Å². The Balaban J connectivity index is 2.31. The molecule has 0 heterocycles. The molecular formula is C16H17F6NO. The molecule has 0 bridgehead atoms. The second-order valence-electron chi connectivity index (χ2n) is 6.13. The van der Waals surface area contributed by atoms with Crippen molar-refractivity contribution >= 4 is 5.91 Å². The zero-order valence-electron chi connectivity index (χ0n) is 13.0. The molecule has 0 saturated heterocycles. The zero-order chi connectivity index (χ0) is 18.1. The van der Waals surface area contributed by atoms with Crippen LogP contribution in [0.15, 0.2) is 18.2 Å². The van der Waals surface area contributed by atoms with Gasteiger partial charge in [-0.05, 0) is 37.0 Å². The number of nitrogens with zero attached hydrogens (tertiary/aromatic N) is 1. The van der Waals surface area contributed by atoms with Crippen molar-refractivity contribution in [1.29, 1.82) is 0 Å². The van der Waals surface area contributed by atoms with Crippen LogP contribution in [0.3, 0.4) is 0 Å². The summed E-state index contributed by atoms with van der Waals surface area (Å²) in [5.74, 6) is -0.592. The molecule has 1 aromatic carbocycles. The zero-order valence-corrected chi connectivity index (χ0v) is 13.0. The number of amides is 1. The van der Waals surface area contributed by atoms with Gasteiger partial charge in [-0.25, -0.2) is 0 Å². The van der Waals surface area contributed by atoms with E-state index in [-0.39, 0.29) is 12.0 Å². The smallest absolute Gasteiger partial charge is 0.341 e. The summed E-state index contributed by atoms with van der Waals surface area (Å²) in [6, 6.07) is 0.971. The third-order valence-corrected chi connectivity index (χ3v) is 4.19. The van der Waals surface area contributed by atoms with Crippen LogP contribution in [-0.4, -0.2) is 24.4 Å². The highest BCUT2D eigenvalue weighted by molar-refractivity contribution is 5.94. The van der Waals surface area contributed by atoms with Crippen molar-refractivity contribution in [2.75, 3.05) is 13.6 Å². The lowest BCUT2D eigenvalue weighted by Gasteiger charge is -2.22. The molecule has 1 amide bonds. The van der Waals surface area contributed by atoms with E-state index in [2.05, 4.69) is 0 Å². The van der Waals surface area contributed by atoms with Crippen LogP contribution in [0.2, 0.25) is 0 Å². The molecule has 24 heavy (non-hydrogen) atoms. The Kier molecular flexibility index (Phi) is 5.15. The molecule has 0 spiro atoms. The molecular weight excluding hydrogens is 336 g/mol. The van der Waals surface area contributed by atoms with Gasteiger partial charge in [0.1, 0.15) is 0 Å². The highest BCUT2D eigenvalue weighted by atomic mass is 19.4. The SMILES string of the molecule is CN(CC1CCCC1)C(=O)c1cc(C(F)(F)F)cc(C(F)(F)F)c1. The summed E-state index contributed by atoms with van der Waals surface area (Å²) < 4.78 is 77.0. The van der Waals surface area contributed by atoms with Crippen molar-refractivity contribution < 1.29 is 31.1 Å². The number of halogens is 6. The molecule has 0 N–H and O–H groups in total. The van der Waals surface area contributed by atoms with Crippen LogP contribution in [0.1, 0.15) is 47.2 Å². The maximum Gasteiger partial charge on any atom is 0.416 e. The quantitative estimate of drug-likeness (QED) is 0.702. The average molecular weight is 353 g/mol. The Morgan fingerprint density at radius 2 is 1.46 bits per heavy atom. The van der Waals surface area contributed by atoms with Crippen LogP contribution in [0.25, 0.3) is 0 Å². The Morgan fingerprint density at radius 3 is 1.88 bits per heavy atom. The van der Waals surface area contributed by atoms with Crippen molar-refractivity contribution in [3.8, 4) is 0 Å². The van der Waals surface area contributed by atoms with Gasteiger partial charge in [0.25, 0.3) is 5.91 Å². The predicted octanol–water partition coefficient (Wildman–Crippen LogP) is 4.99. The van der Waals surface area contributed by atoms with Gasteiger partial charge in [0.05, 0.1) is 11.1 Å². The standard InChI is InChI=1S/C16H17F6NO/c1-23(9-10-4-2-3-5-10)14(24)11-6-12(15(17,18)19)8-13(7-11)16(20,21)22/h6-8,10H,2-5,9H2,1H3. The third-order valence-electron chi connectivity index (χ3n) is 4.19. The van der Waals surface area contributed by atoms with Gasteiger partial charge in [-0.2, -0.15) is 26.3 Å². The van der Waals surface area contributed by atoms with E-state index in [9.17, 15) is 31.1 Å². The lowest BCUT2D eigenvalue weighted by atomic mass is 10.0. The third kappa shape index (κ3) is 4.42. The number of hydrogen-bond acceptors (Lipinski definition) is 1. The largest absolute Gasteiger partial charge is 0.416 e. The van der Waals surface area contributed by atoms with E-state index in [4.69, 9.17) is 0 Å². The maximum atomic E-state index is 12.8. The minimum absolute atomic E-state index is 0.0216. The van der Waals surface area contributed by atoms with Gasteiger partial charge in [0.15, 0.2) is 0 Å². The minimum Gasteiger partial charge on any atom is -0.341 e. The van der Waals surface area contributed by atoms with Crippen molar-refractivity contribution in [2.45, 2.75) is 38.0 Å². The van der Waals surface area contributed by atoms with E-state index in [1.165, 1.54) is 11.9 Å². The molecule has 2 rings (SSSR count). The highest BCUT2D eigenvalue weighted by Crippen LogP contribution is 2.36. The molecule has 1 aromatic rings. The number of carbonyl (C=O) groups excluding carboxylic acids is 1. The first-order valence-electron chi connectivity index (χ1n) is 7.53. The summed E-state index contributed by atoms with van der Waals surface area (Å²) >= 11 is 0. The lowest BCUT2D eigenvalue weighted by molar-refractivity contribution is -0.143. The topological polar surface area (TPSA) is 20.3 Å². The Hall–Kier alpha value is -1.73. The average Bonchev–Trinajstić information content (AvgIpc) is 2.97. The Bertz CT molecular complexity index is 569. The van der Waals surface area contributed by atoms with Gasteiger partial charge in [0, 0.05) is 19.2 Å². The van der Waals surface area contributed by atoms with E-state index in [0.717, 1.165) is 25.7 Å². The first kappa shape index (κ1) is 18.6. The molecule has 0 radical (unpaired) electrons. The summed E-state index contributed by atoms with van der Waals surface area (Å²) in [5.41, 5.74) is -3.55. The molecule has 1 saturated carbocycles. The minimum atomic E-state index is -4.96. The number of rotatable bonds is 3. The summed E-state index contributed by atoms with van der Waals surface area (Å²) in [6.07, 6.45) is -6.05. The summed E-state index contributed by atoms with van der Waals surface area (Å²) in [7, 11) is 1.40. The van der Waals surface area contributed by atoms with Gasteiger partial charge in [0.2, 0.25) is 0 Å². The van der Waals surface area contributed by atoms with Crippen LogP contribution in [0.4, 0.5) is 26.3 Å². The van der Waals surface area contributed by atoms with Crippen LogP contribution < -0.4 is 0 Å². The van der Waals surface area contributed by atoms with Crippen molar-refractivity contribution in [2.24, 2.45) is 5.92 Å². The highest BCUT2D eigenvalue weighted by Gasteiger charge is 2.37. The summed E-state index contributed by atoms with van der Waals surface area (Å²) in [5, 5.41) is 0. The van der Waals surface area contributed by atoms with Gasteiger partial charge < -0.3 is 4.90 Å². The fourth-order valence-electron chi connectivity index (χ4n) is 2.96. The van der Waals surface area contributed by atoms with Gasteiger partial charge in [-0.3, -0.25) is 4.79 Å². The molecule has 8 heteroatoms. The second kappa shape index (κ2) is 6.64. The Morgan fingerprint density at radius 1 is 1.00 bits per heavy atom. The normalized spacial score (nSPS) is 16.5. The summed E-state index contributed by atoms with van der Waals surface area (Å²) in [6.45, 7) is 0.330. The maximum absolute atomic E-state index is 12.8. The van der Waals surface area contributed by atoms with Crippen LogP contribution in [0, 0.1) is 5.92 Å². The monoisotopic (exact) mass is 353 g/mol. The van der Waals surface area contributed by atoms with E-state index in [1.807, 2.05) is 0 Å². The van der Waals surface area contributed by atoms with E-state index >= 15 is 0 Å². The molecule has 0 aromatic heterocycles. The molecule has 134 valence electrons. The van der Waals surface area contributed by atoms with Gasteiger partial charge in [-0.15, -0.1) is 0 Å². The van der Waals surface area contributed by atoms with E-state index in [1.54, 1.807) is 0 Å². The van der Waals surface area contributed by atoms with Crippen LogP contribution in [0.5, 0.6) is 0 Å². The Labute approximate surface area is 135 Å². The van der Waals surface area contributed by atoms with Crippen LogP contribution in [-0.2, 0) is 12.4 Å². The molecule has 0 unspecified atom stereocenters. The van der Waals surface area contributed by atoms with Crippen molar-refractivity contribution in [1.82, 2.24) is 4.90 Å². The van der Waals surface area contributed by atoms with Crippen molar-refractivity contribution in [3.05, 3.63) is 34.9 Å².